The fourth-order valence-corrected chi connectivity index (χ4v) is 3.46. The van der Waals surface area contributed by atoms with E-state index < -0.39 is 27.1 Å². The molecular formula is C18H22O10P2. The lowest BCUT2D eigenvalue weighted by molar-refractivity contribution is 0.258. The highest BCUT2D eigenvalue weighted by Crippen LogP contribution is 2.53. The summed E-state index contributed by atoms with van der Waals surface area (Å²) in [5.41, 5.74) is 2.72. The monoisotopic (exact) mass is 460 g/mol. The fraction of sp³-hybridized carbons (Fsp3) is 0.222. The summed E-state index contributed by atoms with van der Waals surface area (Å²) in [4.78, 5) is 36.9. The zero-order valence-corrected chi connectivity index (χ0v) is 18.4. The number of aryl methyl sites for hydroxylation is 1. The van der Waals surface area contributed by atoms with Gasteiger partial charge in [0.15, 0.2) is 11.5 Å². The van der Waals surface area contributed by atoms with Gasteiger partial charge in [-0.05, 0) is 48.7 Å². The van der Waals surface area contributed by atoms with Gasteiger partial charge >= 0.3 is 15.6 Å². The van der Waals surface area contributed by atoms with Crippen LogP contribution in [-0.4, -0.2) is 33.8 Å². The van der Waals surface area contributed by atoms with Gasteiger partial charge in [0.2, 0.25) is 5.75 Å². The Balaban J connectivity index is 2.63. The summed E-state index contributed by atoms with van der Waals surface area (Å²) < 4.78 is 42.4. The Labute approximate surface area is 173 Å². The lowest BCUT2D eigenvalue weighted by Crippen LogP contribution is -2.00. The Morgan fingerprint density at radius 1 is 0.800 bits per heavy atom. The van der Waals surface area contributed by atoms with Crippen molar-refractivity contribution in [2.45, 2.75) is 13.8 Å². The first-order valence-electron chi connectivity index (χ1n) is 8.39. The Morgan fingerprint density at radius 2 is 1.37 bits per heavy atom. The summed E-state index contributed by atoms with van der Waals surface area (Å²) in [6, 6.07) is 6.34. The lowest BCUT2D eigenvalue weighted by atomic mass is 10.0. The van der Waals surface area contributed by atoms with Crippen molar-refractivity contribution in [1.29, 1.82) is 0 Å². The zero-order chi connectivity index (χ0) is 22.7. The molecule has 2 rings (SSSR count). The number of methoxy groups -OCH3 is 2. The van der Waals surface area contributed by atoms with E-state index >= 15 is 0 Å². The molecule has 0 aliphatic heterocycles. The topological polar surface area (TPSA) is 152 Å². The summed E-state index contributed by atoms with van der Waals surface area (Å²) in [5.74, 6) is -0.764. The largest absolute Gasteiger partial charge is 0.525 e. The van der Waals surface area contributed by atoms with E-state index in [1.165, 1.54) is 32.4 Å². The van der Waals surface area contributed by atoms with Crippen LogP contribution in [0.4, 0.5) is 0 Å². The highest BCUT2D eigenvalue weighted by molar-refractivity contribution is 7.47. The van der Waals surface area contributed by atoms with Crippen molar-refractivity contribution in [2.75, 3.05) is 14.2 Å². The first kappa shape index (κ1) is 24.0. The molecule has 0 amide bonds. The van der Waals surface area contributed by atoms with E-state index in [-0.39, 0.29) is 11.3 Å². The van der Waals surface area contributed by atoms with Crippen molar-refractivity contribution in [3.8, 4) is 23.0 Å². The van der Waals surface area contributed by atoms with Crippen LogP contribution in [0.15, 0.2) is 24.3 Å². The molecule has 0 aromatic heterocycles. The molecule has 0 unspecified atom stereocenters. The quantitative estimate of drug-likeness (QED) is 0.340. The first-order valence-corrected chi connectivity index (χ1v) is 11.4. The molecule has 0 atom stereocenters. The van der Waals surface area contributed by atoms with E-state index in [1.807, 2.05) is 19.9 Å². The Morgan fingerprint density at radius 3 is 1.90 bits per heavy atom. The summed E-state index contributed by atoms with van der Waals surface area (Å²) in [6.45, 7) is 3.81. The molecule has 0 radical (unpaired) electrons. The Bertz CT molecular complexity index is 1050. The number of ether oxygens (including phenoxy) is 2. The fourth-order valence-electron chi connectivity index (χ4n) is 2.62. The van der Waals surface area contributed by atoms with Crippen LogP contribution in [0.2, 0.25) is 0 Å². The van der Waals surface area contributed by atoms with Gasteiger partial charge < -0.3 is 18.5 Å². The van der Waals surface area contributed by atoms with Gasteiger partial charge in [-0.1, -0.05) is 18.2 Å². The van der Waals surface area contributed by atoms with E-state index in [2.05, 4.69) is 9.05 Å². The van der Waals surface area contributed by atoms with Gasteiger partial charge in [0.05, 0.1) is 14.2 Å². The number of hydrogen-bond donors (Lipinski definition) is 4. The Kier molecular flexibility index (Phi) is 7.36. The Hall–Kier alpha value is -2.32. The van der Waals surface area contributed by atoms with Crippen molar-refractivity contribution in [1.82, 2.24) is 0 Å². The average Bonchev–Trinajstić information content (AvgIpc) is 2.62. The molecule has 0 aliphatic rings. The average molecular weight is 460 g/mol. The van der Waals surface area contributed by atoms with Crippen LogP contribution in [0.5, 0.6) is 23.0 Å². The van der Waals surface area contributed by atoms with E-state index in [0.717, 1.165) is 11.1 Å². The number of rotatable bonds is 8. The molecule has 0 bridgehead atoms. The molecule has 0 spiro atoms. The molecule has 2 aromatic rings. The third kappa shape index (κ3) is 6.34. The third-order valence-electron chi connectivity index (χ3n) is 4.06. The summed E-state index contributed by atoms with van der Waals surface area (Å²) in [6.07, 6.45) is 3.06. The van der Waals surface area contributed by atoms with Crippen LogP contribution in [0.25, 0.3) is 12.2 Å². The van der Waals surface area contributed by atoms with Crippen LogP contribution in [0.3, 0.4) is 0 Å². The minimum Gasteiger partial charge on any atom is -0.496 e. The minimum absolute atomic E-state index is 0.0831. The van der Waals surface area contributed by atoms with Gasteiger partial charge in [-0.25, -0.2) is 9.13 Å². The summed E-state index contributed by atoms with van der Waals surface area (Å²) >= 11 is 0. The van der Waals surface area contributed by atoms with Gasteiger partial charge in [-0.2, -0.15) is 0 Å². The number of benzene rings is 2. The van der Waals surface area contributed by atoms with Gasteiger partial charge in [0.1, 0.15) is 5.75 Å². The van der Waals surface area contributed by atoms with Crippen LogP contribution in [0.1, 0.15) is 22.3 Å². The molecule has 2 aromatic carbocycles. The molecule has 0 aliphatic carbocycles. The zero-order valence-electron chi connectivity index (χ0n) is 16.6. The molecule has 4 N–H and O–H groups in total. The molecule has 164 valence electrons. The van der Waals surface area contributed by atoms with Crippen molar-refractivity contribution < 1.29 is 47.2 Å². The smallest absolute Gasteiger partial charge is 0.496 e. The molecule has 10 nitrogen and oxygen atoms in total. The van der Waals surface area contributed by atoms with Gasteiger partial charge in [0.25, 0.3) is 0 Å². The van der Waals surface area contributed by atoms with E-state index in [9.17, 15) is 28.7 Å². The molecule has 30 heavy (non-hydrogen) atoms. The second-order valence-corrected chi connectivity index (χ2v) is 8.50. The van der Waals surface area contributed by atoms with E-state index in [1.54, 1.807) is 12.1 Å². The molecule has 0 saturated carbocycles. The van der Waals surface area contributed by atoms with E-state index in [0.29, 0.717) is 11.3 Å². The highest BCUT2D eigenvalue weighted by atomic mass is 31.2. The second kappa shape index (κ2) is 9.22. The van der Waals surface area contributed by atoms with Crippen LogP contribution < -0.4 is 18.5 Å². The SMILES string of the molecule is COc1cc(/C=C\c2ccc(OC)c(OP(=O)(O)O)c2OP(=O)(O)O)cc(C)c1C. The van der Waals surface area contributed by atoms with Crippen molar-refractivity contribution >= 4 is 27.8 Å². The van der Waals surface area contributed by atoms with Crippen LogP contribution >= 0.6 is 15.6 Å². The first-order chi connectivity index (χ1) is 13.8. The molecule has 0 saturated heterocycles. The lowest BCUT2D eigenvalue weighted by Gasteiger charge is -2.18. The van der Waals surface area contributed by atoms with Gasteiger partial charge in [-0.3, -0.25) is 19.6 Å². The number of hydrogen-bond acceptors (Lipinski definition) is 6. The predicted octanol–water partition coefficient (Wildman–Crippen LogP) is 3.43. The van der Waals surface area contributed by atoms with Crippen molar-refractivity contribution in [2.24, 2.45) is 0 Å². The minimum atomic E-state index is -5.10. The van der Waals surface area contributed by atoms with E-state index in [4.69, 9.17) is 9.47 Å². The predicted molar refractivity (Wildman–Crippen MR) is 110 cm³/mol. The maximum Gasteiger partial charge on any atom is 0.525 e. The molecule has 12 heteroatoms. The third-order valence-corrected chi connectivity index (χ3v) is 4.90. The molecular weight excluding hydrogens is 438 g/mol. The van der Waals surface area contributed by atoms with Crippen molar-refractivity contribution in [3.05, 3.63) is 46.5 Å². The standard InChI is InChI=1S/C18H22O10P2/c1-11-9-13(10-16(26-4)12(11)2)5-6-14-7-8-15(25-3)18(28-30(22,23)24)17(14)27-29(19,20)21/h5-10H,1-4H3,(H2,19,20,21)(H2,22,23,24)/b6-5-. The second-order valence-electron chi connectivity index (χ2n) is 6.18. The number of phosphoric acid groups is 2. The number of phosphoric ester groups is 2. The van der Waals surface area contributed by atoms with Crippen LogP contribution in [0, 0.1) is 13.8 Å². The highest BCUT2D eigenvalue weighted by Gasteiger charge is 2.29. The van der Waals surface area contributed by atoms with Gasteiger partial charge in [-0.15, -0.1) is 0 Å². The summed E-state index contributed by atoms with van der Waals surface area (Å²) in [5, 5.41) is 0. The van der Waals surface area contributed by atoms with Crippen molar-refractivity contribution in [3.63, 3.8) is 0 Å². The van der Waals surface area contributed by atoms with Gasteiger partial charge in [0, 0.05) is 5.56 Å². The summed E-state index contributed by atoms with van der Waals surface area (Å²) in [7, 11) is -7.46. The normalized spacial score (nSPS) is 12.1. The molecule has 0 fully saturated rings. The molecule has 0 heterocycles. The maximum absolute atomic E-state index is 11.5. The maximum atomic E-state index is 11.5. The van der Waals surface area contributed by atoms with Crippen LogP contribution in [-0.2, 0) is 9.13 Å².